The van der Waals surface area contributed by atoms with Gasteiger partial charge in [0, 0.05) is 34.5 Å². The Bertz CT molecular complexity index is 639. The molecule has 3 rings (SSSR count). The van der Waals surface area contributed by atoms with E-state index >= 15 is 0 Å². The standard InChI is InChI=1S/C13H13N3S/c14-5-3-11-8-17-13(16-11)10-1-2-12-9(7-10)4-6-15-12/h1-2,4,6-8,15H,3,5,14H2. The lowest BCUT2D eigenvalue weighted by atomic mass is 10.2. The molecular formula is C13H13N3S. The Kier molecular flexibility index (Phi) is 2.66. The Labute approximate surface area is 103 Å². The van der Waals surface area contributed by atoms with Gasteiger partial charge < -0.3 is 10.7 Å². The third-order valence-electron chi connectivity index (χ3n) is 2.75. The van der Waals surface area contributed by atoms with Gasteiger partial charge in [0.15, 0.2) is 0 Å². The minimum atomic E-state index is 0.653. The first-order chi connectivity index (χ1) is 8.36. The molecule has 0 aliphatic rings. The summed E-state index contributed by atoms with van der Waals surface area (Å²) in [6.45, 7) is 0.653. The van der Waals surface area contributed by atoms with Gasteiger partial charge in [-0.1, -0.05) is 0 Å². The summed E-state index contributed by atoms with van der Waals surface area (Å²) in [5.41, 5.74) is 8.95. The van der Waals surface area contributed by atoms with Crippen LogP contribution in [0.5, 0.6) is 0 Å². The van der Waals surface area contributed by atoms with Crippen LogP contribution in [0.25, 0.3) is 21.5 Å². The summed E-state index contributed by atoms with van der Waals surface area (Å²) in [4.78, 5) is 7.78. The van der Waals surface area contributed by atoms with E-state index in [9.17, 15) is 0 Å². The molecule has 0 amide bonds. The van der Waals surface area contributed by atoms with Crippen LogP contribution in [0.3, 0.4) is 0 Å². The molecule has 2 aromatic heterocycles. The summed E-state index contributed by atoms with van der Waals surface area (Å²) in [6, 6.07) is 8.43. The van der Waals surface area contributed by atoms with Gasteiger partial charge in [0.25, 0.3) is 0 Å². The van der Waals surface area contributed by atoms with Crippen LogP contribution in [-0.4, -0.2) is 16.5 Å². The molecule has 0 saturated heterocycles. The number of H-pyrrole nitrogens is 1. The quantitative estimate of drug-likeness (QED) is 0.743. The molecular weight excluding hydrogens is 230 g/mol. The Morgan fingerprint density at radius 2 is 2.24 bits per heavy atom. The van der Waals surface area contributed by atoms with Crippen molar-refractivity contribution in [1.82, 2.24) is 9.97 Å². The highest BCUT2D eigenvalue weighted by molar-refractivity contribution is 7.13. The van der Waals surface area contributed by atoms with Gasteiger partial charge in [-0.05, 0) is 30.8 Å². The molecule has 3 aromatic rings. The number of nitrogens with one attached hydrogen (secondary N) is 1. The normalized spacial score (nSPS) is 11.1. The number of fused-ring (bicyclic) bond motifs is 1. The lowest BCUT2D eigenvalue weighted by molar-refractivity contribution is 0.936. The number of thiazole rings is 1. The van der Waals surface area contributed by atoms with E-state index in [4.69, 9.17) is 5.73 Å². The molecule has 0 spiro atoms. The topological polar surface area (TPSA) is 54.7 Å². The third kappa shape index (κ3) is 1.97. The molecule has 17 heavy (non-hydrogen) atoms. The molecule has 86 valence electrons. The number of aromatic amines is 1. The second-order valence-electron chi connectivity index (χ2n) is 3.96. The SMILES string of the molecule is NCCc1csc(-c2ccc3[nH]ccc3c2)n1. The molecule has 0 fully saturated rings. The van der Waals surface area contributed by atoms with Crippen LogP contribution in [-0.2, 0) is 6.42 Å². The fraction of sp³-hybridized carbons (Fsp3) is 0.154. The molecule has 1 aromatic carbocycles. The van der Waals surface area contributed by atoms with Gasteiger partial charge in [-0.15, -0.1) is 11.3 Å². The Balaban J connectivity index is 2.00. The number of nitrogens with zero attached hydrogens (tertiary/aromatic N) is 1. The smallest absolute Gasteiger partial charge is 0.123 e. The Hall–Kier alpha value is -1.65. The number of nitrogens with two attached hydrogens (primary N) is 1. The van der Waals surface area contributed by atoms with E-state index in [0.717, 1.165) is 22.6 Å². The first-order valence-corrected chi connectivity index (χ1v) is 6.47. The lowest BCUT2D eigenvalue weighted by Crippen LogP contribution is -2.02. The predicted octanol–water partition coefficient (Wildman–Crippen LogP) is 2.79. The number of benzene rings is 1. The summed E-state index contributed by atoms with van der Waals surface area (Å²) in [6.07, 6.45) is 2.80. The van der Waals surface area contributed by atoms with Crippen LogP contribution in [0.4, 0.5) is 0 Å². The summed E-state index contributed by atoms with van der Waals surface area (Å²) < 4.78 is 0. The molecule has 0 atom stereocenters. The first kappa shape index (κ1) is 10.5. The Morgan fingerprint density at radius 1 is 1.29 bits per heavy atom. The lowest BCUT2D eigenvalue weighted by Gasteiger charge is -1.96. The zero-order valence-corrected chi connectivity index (χ0v) is 10.1. The number of hydrogen-bond acceptors (Lipinski definition) is 3. The van der Waals surface area contributed by atoms with E-state index in [1.807, 2.05) is 6.20 Å². The second kappa shape index (κ2) is 4.31. The van der Waals surface area contributed by atoms with E-state index in [2.05, 4.69) is 39.6 Å². The average molecular weight is 243 g/mol. The molecule has 0 aliphatic heterocycles. The third-order valence-corrected chi connectivity index (χ3v) is 3.69. The monoisotopic (exact) mass is 243 g/mol. The van der Waals surface area contributed by atoms with E-state index in [1.54, 1.807) is 11.3 Å². The van der Waals surface area contributed by atoms with Crippen LogP contribution < -0.4 is 5.73 Å². The van der Waals surface area contributed by atoms with Crippen molar-refractivity contribution in [2.45, 2.75) is 6.42 Å². The summed E-state index contributed by atoms with van der Waals surface area (Å²) in [5, 5.41) is 4.37. The van der Waals surface area contributed by atoms with Gasteiger partial charge in [-0.3, -0.25) is 0 Å². The highest BCUT2D eigenvalue weighted by Gasteiger charge is 2.05. The number of aromatic nitrogens is 2. The molecule has 0 aliphatic carbocycles. The first-order valence-electron chi connectivity index (χ1n) is 5.59. The largest absolute Gasteiger partial charge is 0.361 e. The van der Waals surface area contributed by atoms with Crippen molar-refractivity contribution in [1.29, 1.82) is 0 Å². The fourth-order valence-corrected chi connectivity index (χ4v) is 2.74. The molecule has 0 bridgehead atoms. The van der Waals surface area contributed by atoms with Gasteiger partial charge >= 0.3 is 0 Å². The summed E-state index contributed by atoms with van der Waals surface area (Å²) in [7, 11) is 0. The van der Waals surface area contributed by atoms with Crippen molar-refractivity contribution >= 4 is 22.2 Å². The van der Waals surface area contributed by atoms with Gasteiger partial charge in [-0.25, -0.2) is 4.98 Å². The molecule has 2 heterocycles. The van der Waals surface area contributed by atoms with Crippen molar-refractivity contribution in [2.24, 2.45) is 5.73 Å². The molecule has 3 nitrogen and oxygen atoms in total. The maximum absolute atomic E-state index is 5.53. The maximum Gasteiger partial charge on any atom is 0.123 e. The van der Waals surface area contributed by atoms with Crippen molar-refractivity contribution in [3.63, 3.8) is 0 Å². The minimum Gasteiger partial charge on any atom is -0.361 e. The van der Waals surface area contributed by atoms with Crippen LogP contribution in [0.1, 0.15) is 5.69 Å². The molecule has 0 radical (unpaired) electrons. The minimum absolute atomic E-state index is 0.653. The zero-order valence-electron chi connectivity index (χ0n) is 9.31. The van der Waals surface area contributed by atoms with E-state index in [1.165, 1.54) is 10.9 Å². The van der Waals surface area contributed by atoms with Gasteiger partial charge in [0.1, 0.15) is 5.01 Å². The van der Waals surface area contributed by atoms with Crippen molar-refractivity contribution in [2.75, 3.05) is 6.54 Å². The highest BCUT2D eigenvalue weighted by atomic mass is 32.1. The van der Waals surface area contributed by atoms with Crippen LogP contribution in [0.2, 0.25) is 0 Å². The molecule has 0 unspecified atom stereocenters. The summed E-state index contributed by atoms with van der Waals surface area (Å²) in [5.74, 6) is 0. The Morgan fingerprint density at radius 3 is 3.12 bits per heavy atom. The fourth-order valence-electron chi connectivity index (χ4n) is 1.89. The van der Waals surface area contributed by atoms with E-state index in [0.29, 0.717) is 6.54 Å². The van der Waals surface area contributed by atoms with Gasteiger partial charge in [0.2, 0.25) is 0 Å². The molecule has 0 saturated carbocycles. The van der Waals surface area contributed by atoms with Crippen molar-refractivity contribution in [3.05, 3.63) is 41.5 Å². The van der Waals surface area contributed by atoms with Gasteiger partial charge in [-0.2, -0.15) is 0 Å². The van der Waals surface area contributed by atoms with Crippen molar-refractivity contribution in [3.8, 4) is 10.6 Å². The second-order valence-corrected chi connectivity index (χ2v) is 4.82. The number of rotatable bonds is 3. The zero-order chi connectivity index (χ0) is 11.7. The molecule has 3 N–H and O–H groups in total. The predicted molar refractivity (Wildman–Crippen MR) is 72.2 cm³/mol. The summed E-state index contributed by atoms with van der Waals surface area (Å²) >= 11 is 1.68. The van der Waals surface area contributed by atoms with Crippen molar-refractivity contribution < 1.29 is 0 Å². The highest BCUT2D eigenvalue weighted by Crippen LogP contribution is 2.26. The van der Waals surface area contributed by atoms with E-state index < -0.39 is 0 Å². The number of hydrogen-bond donors (Lipinski definition) is 2. The van der Waals surface area contributed by atoms with E-state index in [-0.39, 0.29) is 0 Å². The average Bonchev–Trinajstić information content (AvgIpc) is 2.96. The van der Waals surface area contributed by atoms with Crippen LogP contribution in [0.15, 0.2) is 35.8 Å². The van der Waals surface area contributed by atoms with Gasteiger partial charge in [0.05, 0.1) is 5.69 Å². The van der Waals surface area contributed by atoms with Crippen LogP contribution >= 0.6 is 11.3 Å². The molecule has 4 heteroatoms. The maximum atomic E-state index is 5.53. The van der Waals surface area contributed by atoms with Crippen LogP contribution in [0, 0.1) is 0 Å².